The molecule has 1 aliphatic rings. The summed E-state index contributed by atoms with van der Waals surface area (Å²) in [5, 5.41) is 9.02. The van der Waals surface area contributed by atoms with Crippen molar-refractivity contribution in [3.63, 3.8) is 0 Å². The van der Waals surface area contributed by atoms with Gasteiger partial charge in [0.05, 0.1) is 6.42 Å². The summed E-state index contributed by atoms with van der Waals surface area (Å²) in [7, 11) is 0. The monoisotopic (exact) mass is 309 g/mol. The zero-order valence-electron chi connectivity index (χ0n) is 12.2. The molecule has 1 N–H and O–H groups in total. The first kappa shape index (κ1) is 17.8. The zero-order valence-corrected chi connectivity index (χ0v) is 12.2. The third-order valence-electron chi connectivity index (χ3n) is 4.07. The van der Waals surface area contributed by atoms with E-state index in [4.69, 9.17) is 5.11 Å². The Morgan fingerprint density at radius 1 is 1.14 bits per heavy atom. The van der Waals surface area contributed by atoms with Crippen molar-refractivity contribution in [2.45, 2.75) is 58.0 Å². The third-order valence-corrected chi connectivity index (χ3v) is 4.07. The fourth-order valence-corrected chi connectivity index (χ4v) is 3.06. The van der Waals surface area contributed by atoms with E-state index in [0.717, 1.165) is 24.2 Å². The van der Waals surface area contributed by atoms with E-state index in [1.807, 2.05) is 0 Å². The number of carboxylic acids is 1. The van der Waals surface area contributed by atoms with Crippen LogP contribution in [0.25, 0.3) is 0 Å². The molecular formula is C14H22F3NO3. The molecule has 0 aliphatic heterocycles. The molecule has 1 aliphatic carbocycles. The minimum absolute atomic E-state index is 0.0263. The number of carbonyl (C=O) groups is 2. The lowest BCUT2D eigenvalue weighted by Gasteiger charge is -2.37. The minimum atomic E-state index is -4.43. The van der Waals surface area contributed by atoms with Gasteiger partial charge in [-0.15, -0.1) is 0 Å². The Hall–Kier alpha value is -1.27. The second-order valence-electron chi connectivity index (χ2n) is 5.83. The second kappa shape index (κ2) is 7.13. The van der Waals surface area contributed by atoms with Gasteiger partial charge >= 0.3 is 12.1 Å². The van der Waals surface area contributed by atoms with Gasteiger partial charge in [0.25, 0.3) is 0 Å². The number of carbonyl (C=O) groups excluding carboxylic acids is 1. The van der Waals surface area contributed by atoms with Crippen LogP contribution in [0.15, 0.2) is 0 Å². The standard InChI is InChI=1S/C14H22F3NO3/c1-2-18(10-14(15,16)17)11(19)8-13(9-12(20)21)6-4-3-5-7-13/h2-10H2,1H3,(H,20,21). The van der Waals surface area contributed by atoms with Crippen LogP contribution in [-0.4, -0.2) is 41.1 Å². The molecule has 0 atom stereocenters. The normalized spacial score (nSPS) is 18.3. The maximum atomic E-state index is 12.4. The summed E-state index contributed by atoms with van der Waals surface area (Å²) in [6.45, 7) is 0.196. The molecule has 1 amide bonds. The van der Waals surface area contributed by atoms with Gasteiger partial charge in [0.2, 0.25) is 5.91 Å². The predicted molar refractivity (Wildman–Crippen MR) is 70.7 cm³/mol. The van der Waals surface area contributed by atoms with Crippen LogP contribution >= 0.6 is 0 Å². The molecule has 0 heterocycles. The Labute approximate surface area is 122 Å². The highest BCUT2D eigenvalue weighted by Crippen LogP contribution is 2.42. The molecule has 1 fully saturated rings. The van der Waals surface area contributed by atoms with Crippen molar-refractivity contribution in [3.05, 3.63) is 0 Å². The van der Waals surface area contributed by atoms with Gasteiger partial charge in [-0.3, -0.25) is 9.59 Å². The molecule has 0 unspecified atom stereocenters. The van der Waals surface area contributed by atoms with Gasteiger partial charge < -0.3 is 10.0 Å². The first-order valence-electron chi connectivity index (χ1n) is 7.24. The van der Waals surface area contributed by atoms with Gasteiger partial charge in [-0.25, -0.2) is 0 Å². The van der Waals surface area contributed by atoms with Crippen molar-refractivity contribution < 1.29 is 27.9 Å². The van der Waals surface area contributed by atoms with Crippen LogP contribution in [0.1, 0.15) is 51.9 Å². The van der Waals surface area contributed by atoms with Gasteiger partial charge in [-0.1, -0.05) is 19.3 Å². The van der Waals surface area contributed by atoms with Crippen LogP contribution < -0.4 is 0 Å². The van der Waals surface area contributed by atoms with E-state index < -0.39 is 30.0 Å². The molecule has 0 bridgehead atoms. The van der Waals surface area contributed by atoms with Crippen molar-refractivity contribution >= 4 is 11.9 Å². The van der Waals surface area contributed by atoms with Crippen LogP contribution in [0.3, 0.4) is 0 Å². The highest BCUT2D eigenvalue weighted by molar-refractivity contribution is 5.78. The fraction of sp³-hybridized carbons (Fsp3) is 0.857. The fourth-order valence-electron chi connectivity index (χ4n) is 3.06. The molecule has 0 saturated heterocycles. The average molecular weight is 309 g/mol. The Morgan fingerprint density at radius 3 is 2.14 bits per heavy atom. The molecule has 0 aromatic heterocycles. The number of carboxylic acid groups (broad SMARTS) is 1. The van der Waals surface area contributed by atoms with E-state index in [-0.39, 0.29) is 19.4 Å². The molecule has 4 nitrogen and oxygen atoms in total. The Kier molecular flexibility index (Phi) is 6.04. The predicted octanol–water partition coefficient (Wildman–Crippen LogP) is 3.21. The van der Waals surface area contributed by atoms with Crippen LogP contribution in [0, 0.1) is 5.41 Å². The minimum Gasteiger partial charge on any atom is -0.481 e. The van der Waals surface area contributed by atoms with Crippen LogP contribution in [0.4, 0.5) is 13.2 Å². The summed E-state index contributed by atoms with van der Waals surface area (Å²) in [5.74, 6) is -1.60. The molecule has 0 aromatic carbocycles. The molecule has 122 valence electrons. The molecule has 1 saturated carbocycles. The molecular weight excluding hydrogens is 287 g/mol. The van der Waals surface area contributed by atoms with Crippen molar-refractivity contribution in [2.75, 3.05) is 13.1 Å². The summed E-state index contributed by atoms with van der Waals surface area (Å²) in [5.41, 5.74) is -0.680. The highest BCUT2D eigenvalue weighted by Gasteiger charge is 2.39. The van der Waals surface area contributed by atoms with E-state index in [1.54, 1.807) is 0 Å². The molecule has 21 heavy (non-hydrogen) atoms. The molecule has 1 rings (SSSR count). The summed E-state index contributed by atoms with van der Waals surface area (Å²) < 4.78 is 37.3. The quantitative estimate of drug-likeness (QED) is 0.819. The van der Waals surface area contributed by atoms with E-state index in [0.29, 0.717) is 12.8 Å². The van der Waals surface area contributed by atoms with E-state index >= 15 is 0 Å². The lowest BCUT2D eigenvalue weighted by Crippen LogP contribution is -2.42. The summed E-state index contributed by atoms with van der Waals surface area (Å²) in [6, 6.07) is 0. The van der Waals surface area contributed by atoms with E-state index in [2.05, 4.69) is 0 Å². The molecule has 7 heteroatoms. The molecule has 0 spiro atoms. The maximum Gasteiger partial charge on any atom is 0.406 e. The number of amides is 1. The summed E-state index contributed by atoms with van der Waals surface area (Å²) in [4.78, 5) is 23.9. The largest absolute Gasteiger partial charge is 0.481 e. The van der Waals surface area contributed by atoms with Gasteiger partial charge in [0.15, 0.2) is 0 Å². The molecule has 0 aromatic rings. The number of aliphatic carboxylic acids is 1. The van der Waals surface area contributed by atoms with Crippen LogP contribution in [-0.2, 0) is 9.59 Å². The number of nitrogens with zero attached hydrogens (tertiary/aromatic N) is 1. The average Bonchev–Trinajstić information content (AvgIpc) is 2.34. The molecule has 0 radical (unpaired) electrons. The summed E-state index contributed by atoms with van der Waals surface area (Å²) in [6.07, 6.45) is -0.875. The van der Waals surface area contributed by atoms with Crippen molar-refractivity contribution in [1.29, 1.82) is 0 Å². The Bertz CT molecular complexity index is 376. The maximum absolute atomic E-state index is 12.4. The van der Waals surface area contributed by atoms with Gasteiger partial charge in [-0.05, 0) is 25.2 Å². The van der Waals surface area contributed by atoms with Gasteiger partial charge in [0, 0.05) is 13.0 Å². The highest BCUT2D eigenvalue weighted by atomic mass is 19.4. The first-order chi connectivity index (χ1) is 9.67. The lowest BCUT2D eigenvalue weighted by atomic mass is 9.69. The number of hydrogen-bond donors (Lipinski definition) is 1. The lowest BCUT2D eigenvalue weighted by molar-refractivity contribution is -0.163. The van der Waals surface area contributed by atoms with Crippen molar-refractivity contribution in [2.24, 2.45) is 5.41 Å². The Morgan fingerprint density at radius 2 is 1.71 bits per heavy atom. The number of rotatable bonds is 6. The van der Waals surface area contributed by atoms with Crippen molar-refractivity contribution in [1.82, 2.24) is 4.90 Å². The Balaban J connectivity index is 2.76. The number of alkyl halides is 3. The third kappa shape index (κ3) is 5.93. The van der Waals surface area contributed by atoms with E-state index in [1.165, 1.54) is 6.92 Å². The number of halogens is 3. The topological polar surface area (TPSA) is 57.6 Å². The summed E-state index contributed by atoms with van der Waals surface area (Å²) >= 11 is 0. The first-order valence-corrected chi connectivity index (χ1v) is 7.24. The van der Waals surface area contributed by atoms with Crippen molar-refractivity contribution in [3.8, 4) is 0 Å². The van der Waals surface area contributed by atoms with Gasteiger partial charge in [0.1, 0.15) is 6.54 Å². The van der Waals surface area contributed by atoms with E-state index in [9.17, 15) is 22.8 Å². The van der Waals surface area contributed by atoms with Crippen LogP contribution in [0.2, 0.25) is 0 Å². The second-order valence-corrected chi connectivity index (χ2v) is 5.83. The van der Waals surface area contributed by atoms with Gasteiger partial charge in [-0.2, -0.15) is 13.2 Å². The smallest absolute Gasteiger partial charge is 0.406 e. The SMILES string of the molecule is CCN(CC(F)(F)F)C(=O)CC1(CC(=O)O)CCCCC1. The number of hydrogen-bond acceptors (Lipinski definition) is 2. The zero-order chi connectivity index (χ0) is 16.1. The van der Waals surface area contributed by atoms with Crippen LogP contribution in [0.5, 0.6) is 0 Å².